The van der Waals surface area contributed by atoms with Gasteiger partial charge >= 0.3 is 0 Å². The first kappa shape index (κ1) is 18.0. The monoisotopic (exact) mass is 389 g/mol. The van der Waals surface area contributed by atoms with Gasteiger partial charge < -0.3 is 0 Å². The van der Waals surface area contributed by atoms with E-state index in [0.717, 1.165) is 43.1 Å². The fourth-order valence-corrected chi connectivity index (χ4v) is 4.62. The second kappa shape index (κ2) is 7.29. The van der Waals surface area contributed by atoms with Crippen molar-refractivity contribution in [2.24, 2.45) is 0 Å². The summed E-state index contributed by atoms with van der Waals surface area (Å²) in [4.78, 5) is 20.1. The number of rotatable bonds is 3. The van der Waals surface area contributed by atoms with Crippen molar-refractivity contribution in [3.8, 4) is 10.6 Å². The van der Waals surface area contributed by atoms with E-state index in [0.29, 0.717) is 0 Å². The Kier molecular flexibility index (Phi) is 4.85. The molecule has 2 heterocycles. The first-order chi connectivity index (χ1) is 13.0. The van der Waals surface area contributed by atoms with Gasteiger partial charge in [0.2, 0.25) is 5.12 Å². The molecule has 4 aromatic rings. The molecule has 0 atom stereocenters. The van der Waals surface area contributed by atoms with Gasteiger partial charge in [0.25, 0.3) is 0 Å². The molecule has 0 N–H and O–H groups in total. The molecule has 4 heteroatoms. The summed E-state index contributed by atoms with van der Waals surface area (Å²) in [7, 11) is 0. The average molecular weight is 390 g/mol. The predicted octanol–water partition coefficient (Wildman–Crippen LogP) is 6.82. The van der Waals surface area contributed by atoms with Crippen LogP contribution in [0.5, 0.6) is 0 Å². The van der Waals surface area contributed by atoms with E-state index >= 15 is 0 Å². The minimum atomic E-state index is 0.0501. The highest BCUT2D eigenvalue weighted by Gasteiger charge is 2.17. The van der Waals surface area contributed by atoms with Crippen molar-refractivity contribution >= 4 is 39.1 Å². The standard InChI is InChI=1S/C23H19NOS2/c1-14-6-8-17(9-7-14)27-23(25)19-13-20(21-5-4-10-26-21)24-22-16(3)11-15(2)12-18(19)22/h4-13H,1-3H3. The SMILES string of the molecule is Cc1ccc(SC(=O)c2cc(-c3cccs3)nc3c(C)cc(C)cc23)cc1. The molecule has 4 rings (SSSR count). The Morgan fingerprint density at radius 1 is 0.963 bits per heavy atom. The smallest absolute Gasteiger partial charge is 0.224 e. The molecule has 0 unspecified atom stereocenters. The van der Waals surface area contributed by atoms with Crippen LogP contribution in [-0.2, 0) is 0 Å². The Morgan fingerprint density at radius 2 is 1.74 bits per heavy atom. The van der Waals surface area contributed by atoms with E-state index in [4.69, 9.17) is 4.98 Å². The maximum absolute atomic E-state index is 13.2. The van der Waals surface area contributed by atoms with Crippen molar-refractivity contribution in [3.05, 3.63) is 82.2 Å². The molecule has 0 fully saturated rings. The molecule has 0 saturated carbocycles. The fourth-order valence-electron chi connectivity index (χ4n) is 3.17. The van der Waals surface area contributed by atoms with Crippen LogP contribution in [0.1, 0.15) is 27.0 Å². The van der Waals surface area contributed by atoms with Gasteiger partial charge in [0.1, 0.15) is 0 Å². The van der Waals surface area contributed by atoms with Gasteiger partial charge in [-0.25, -0.2) is 4.98 Å². The Labute approximate surface area is 167 Å². The van der Waals surface area contributed by atoms with Crippen molar-refractivity contribution in [3.63, 3.8) is 0 Å². The molecule has 0 bridgehead atoms. The molecule has 0 spiro atoms. The van der Waals surface area contributed by atoms with Gasteiger partial charge in [-0.1, -0.05) is 35.4 Å². The largest absolute Gasteiger partial charge is 0.281 e. The molecule has 0 aliphatic carbocycles. The predicted molar refractivity (Wildman–Crippen MR) is 116 cm³/mol. The highest BCUT2D eigenvalue weighted by molar-refractivity contribution is 8.14. The summed E-state index contributed by atoms with van der Waals surface area (Å²) in [6.07, 6.45) is 0. The van der Waals surface area contributed by atoms with E-state index in [1.54, 1.807) is 11.3 Å². The van der Waals surface area contributed by atoms with Crippen LogP contribution >= 0.6 is 23.1 Å². The second-order valence-corrected chi connectivity index (χ2v) is 8.71. The van der Waals surface area contributed by atoms with E-state index in [2.05, 4.69) is 26.0 Å². The van der Waals surface area contributed by atoms with Gasteiger partial charge in [0.15, 0.2) is 0 Å². The summed E-state index contributed by atoms with van der Waals surface area (Å²) in [5, 5.41) is 3.01. The molecule has 0 radical (unpaired) electrons. The Hall–Kier alpha value is -2.43. The van der Waals surface area contributed by atoms with E-state index in [1.807, 2.05) is 54.8 Å². The summed E-state index contributed by atoms with van der Waals surface area (Å²) in [5.41, 5.74) is 5.91. The molecule has 2 aromatic carbocycles. The van der Waals surface area contributed by atoms with Gasteiger partial charge in [-0.2, -0.15) is 0 Å². The molecular formula is C23H19NOS2. The lowest BCUT2D eigenvalue weighted by Gasteiger charge is -2.11. The van der Waals surface area contributed by atoms with Crippen molar-refractivity contribution < 1.29 is 4.79 Å². The number of carbonyl (C=O) groups excluding carboxylic acids is 1. The molecule has 0 aliphatic heterocycles. The number of thioether (sulfide) groups is 1. The number of aromatic nitrogens is 1. The van der Waals surface area contributed by atoms with Crippen LogP contribution in [-0.4, -0.2) is 10.1 Å². The molecular weight excluding hydrogens is 370 g/mol. The third kappa shape index (κ3) is 3.68. The molecule has 27 heavy (non-hydrogen) atoms. The Balaban J connectivity index is 1.86. The Bertz CT molecular complexity index is 1130. The van der Waals surface area contributed by atoms with E-state index in [9.17, 15) is 4.79 Å². The van der Waals surface area contributed by atoms with Gasteiger partial charge in [-0.05, 0) is 73.8 Å². The number of hydrogen-bond donors (Lipinski definition) is 0. The van der Waals surface area contributed by atoms with Crippen molar-refractivity contribution in [2.75, 3.05) is 0 Å². The summed E-state index contributed by atoms with van der Waals surface area (Å²) in [5.74, 6) is 0. The van der Waals surface area contributed by atoms with Gasteiger partial charge in [0, 0.05) is 15.8 Å². The molecule has 0 saturated heterocycles. The minimum Gasteiger partial charge on any atom is -0.281 e. The van der Waals surface area contributed by atoms with Gasteiger partial charge in [-0.3, -0.25) is 4.79 Å². The third-order valence-electron chi connectivity index (χ3n) is 4.47. The fraction of sp³-hybridized carbons (Fsp3) is 0.130. The number of hydrogen-bond acceptors (Lipinski definition) is 4. The van der Waals surface area contributed by atoms with Crippen LogP contribution in [0, 0.1) is 20.8 Å². The van der Waals surface area contributed by atoms with Gasteiger partial charge in [0.05, 0.1) is 16.1 Å². The number of pyridine rings is 1. The maximum Gasteiger partial charge on any atom is 0.224 e. The lowest BCUT2D eigenvalue weighted by atomic mass is 10.0. The Morgan fingerprint density at radius 3 is 2.44 bits per heavy atom. The second-order valence-electron chi connectivity index (χ2n) is 6.71. The first-order valence-electron chi connectivity index (χ1n) is 8.76. The zero-order chi connectivity index (χ0) is 19.0. The molecule has 2 aromatic heterocycles. The summed E-state index contributed by atoms with van der Waals surface area (Å²) >= 11 is 2.91. The van der Waals surface area contributed by atoms with Crippen LogP contribution in [0.2, 0.25) is 0 Å². The first-order valence-corrected chi connectivity index (χ1v) is 10.5. The highest BCUT2D eigenvalue weighted by atomic mass is 32.2. The van der Waals surface area contributed by atoms with Gasteiger partial charge in [-0.15, -0.1) is 11.3 Å². The van der Waals surface area contributed by atoms with E-state index in [-0.39, 0.29) is 5.12 Å². The van der Waals surface area contributed by atoms with Crippen LogP contribution in [0.4, 0.5) is 0 Å². The number of aryl methyl sites for hydroxylation is 3. The number of nitrogens with zero attached hydrogens (tertiary/aromatic N) is 1. The molecule has 2 nitrogen and oxygen atoms in total. The van der Waals surface area contributed by atoms with Crippen LogP contribution in [0.25, 0.3) is 21.5 Å². The number of benzene rings is 2. The zero-order valence-electron chi connectivity index (χ0n) is 15.4. The van der Waals surface area contributed by atoms with Crippen LogP contribution in [0.3, 0.4) is 0 Å². The van der Waals surface area contributed by atoms with Crippen molar-refractivity contribution in [1.29, 1.82) is 0 Å². The lowest BCUT2D eigenvalue weighted by molar-refractivity contribution is 0.109. The van der Waals surface area contributed by atoms with Crippen molar-refractivity contribution in [1.82, 2.24) is 4.98 Å². The number of thiophene rings is 1. The number of carbonyl (C=O) groups is 1. The summed E-state index contributed by atoms with van der Waals surface area (Å²) < 4.78 is 0. The van der Waals surface area contributed by atoms with Crippen molar-refractivity contribution in [2.45, 2.75) is 25.7 Å². The third-order valence-corrected chi connectivity index (χ3v) is 6.28. The molecule has 0 aliphatic rings. The minimum absolute atomic E-state index is 0.0501. The highest BCUT2D eigenvalue weighted by Crippen LogP contribution is 2.33. The van der Waals surface area contributed by atoms with Crippen LogP contribution in [0.15, 0.2) is 64.9 Å². The quantitative estimate of drug-likeness (QED) is 0.360. The number of fused-ring (bicyclic) bond motifs is 1. The summed E-state index contributed by atoms with van der Waals surface area (Å²) in [6.45, 7) is 6.16. The summed E-state index contributed by atoms with van der Waals surface area (Å²) in [6, 6.07) is 18.2. The topological polar surface area (TPSA) is 30.0 Å². The lowest BCUT2D eigenvalue weighted by Crippen LogP contribution is -2.00. The molecule has 0 amide bonds. The van der Waals surface area contributed by atoms with E-state index in [1.165, 1.54) is 17.3 Å². The zero-order valence-corrected chi connectivity index (χ0v) is 17.1. The normalized spacial score (nSPS) is 11.1. The average Bonchev–Trinajstić information content (AvgIpc) is 3.17. The van der Waals surface area contributed by atoms with E-state index < -0.39 is 0 Å². The van der Waals surface area contributed by atoms with Crippen LogP contribution < -0.4 is 0 Å². The maximum atomic E-state index is 13.2. The molecule has 134 valence electrons.